The van der Waals surface area contributed by atoms with Crippen molar-refractivity contribution in [1.82, 2.24) is 0 Å². The minimum atomic E-state index is -0.451. The maximum Gasteiger partial charge on any atom is 0.0887 e. The SMILES string of the molecule is O[C@@H](CBr)c1ccc2ccc3ccccc3c2c1. The zero-order valence-electron chi connectivity index (χ0n) is 9.81. The predicted molar refractivity (Wildman–Crippen MR) is 80.2 cm³/mol. The average molecular weight is 301 g/mol. The molecule has 0 aliphatic carbocycles. The fourth-order valence-electron chi connectivity index (χ4n) is 2.32. The number of hydrogen-bond donors (Lipinski definition) is 1. The van der Waals surface area contributed by atoms with E-state index < -0.39 is 6.10 Å². The highest BCUT2D eigenvalue weighted by Gasteiger charge is 2.07. The fourth-order valence-corrected chi connectivity index (χ4v) is 2.69. The van der Waals surface area contributed by atoms with Crippen LogP contribution in [0, 0.1) is 0 Å². The van der Waals surface area contributed by atoms with Crippen LogP contribution in [-0.2, 0) is 0 Å². The van der Waals surface area contributed by atoms with Crippen LogP contribution in [0.5, 0.6) is 0 Å². The van der Waals surface area contributed by atoms with Crippen molar-refractivity contribution >= 4 is 37.5 Å². The Morgan fingerprint density at radius 3 is 2.33 bits per heavy atom. The second-order valence-electron chi connectivity index (χ2n) is 4.44. The maximum absolute atomic E-state index is 9.91. The van der Waals surface area contributed by atoms with Gasteiger partial charge < -0.3 is 5.11 Å². The number of hydrogen-bond acceptors (Lipinski definition) is 1. The molecule has 0 bridgehead atoms. The summed E-state index contributed by atoms with van der Waals surface area (Å²) in [6.07, 6.45) is -0.451. The van der Waals surface area contributed by atoms with Crippen LogP contribution in [0.25, 0.3) is 21.5 Å². The number of benzene rings is 3. The maximum atomic E-state index is 9.91. The van der Waals surface area contributed by atoms with Crippen molar-refractivity contribution in [1.29, 1.82) is 0 Å². The first-order valence-electron chi connectivity index (χ1n) is 5.95. The van der Waals surface area contributed by atoms with Gasteiger partial charge in [-0.1, -0.05) is 64.5 Å². The Kier molecular flexibility index (Phi) is 3.06. The van der Waals surface area contributed by atoms with Crippen molar-refractivity contribution in [2.45, 2.75) is 6.10 Å². The zero-order chi connectivity index (χ0) is 12.5. The first-order chi connectivity index (χ1) is 8.79. The second kappa shape index (κ2) is 4.71. The first-order valence-corrected chi connectivity index (χ1v) is 7.07. The molecule has 0 saturated carbocycles. The molecule has 1 nitrogen and oxygen atoms in total. The van der Waals surface area contributed by atoms with Gasteiger partial charge >= 0.3 is 0 Å². The third-order valence-electron chi connectivity index (χ3n) is 3.30. The molecule has 1 N–H and O–H groups in total. The lowest BCUT2D eigenvalue weighted by Crippen LogP contribution is -1.97. The Balaban J connectivity index is 2.33. The van der Waals surface area contributed by atoms with E-state index in [1.165, 1.54) is 21.5 Å². The molecule has 90 valence electrons. The number of halogens is 1. The number of aliphatic hydroxyl groups is 1. The van der Waals surface area contributed by atoms with E-state index in [0.29, 0.717) is 5.33 Å². The monoisotopic (exact) mass is 300 g/mol. The zero-order valence-corrected chi connectivity index (χ0v) is 11.4. The average Bonchev–Trinajstić information content (AvgIpc) is 2.45. The molecule has 0 aromatic heterocycles. The van der Waals surface area contributed by atoms with Gasteiger partial charge in [-0.3, -0.25) is 0 Å². The normalized spacial score (nSPS) is 13.0. The summed E-state index contributed by atoms with van der Waals surface area (Å²) in [7, 11) is 0. The summed E-state index contributed by atoms with van der Waals surface area (Å²) in [5, 5.41) is 15.3. The van der Waals surface area contributed by atoms with Gasteiger partial charge in [0.05, 0.1) is 6.10 Å². The van der Waals surface area contributed by atoms with Gasteiger partial charge in [-0.05, 0) is 33.2 Å². The molecule has 0 radical (unpaired) electrons. The van der Waals surface area contributed by atoms with E-state index in [-0.39, 0.29) is 0 Å². The summed E-state index contributed by atoms with van der Waals surface area (Å²) in [4.78, 5) is 0. The molecule has 2 heteroatoms. The van der Waals surface area contributed by atoms with Crippen molar-refractivity contribution in [2.75, 3.05) is 5.33 Å². The van der Waals surface area contributed by atoms with Gasteiger partial charge in [-0.2, -0.15) is 0 Å². The predicted octanol–water partition coefficient (Wildman–Crippen LogP) is 4.42. The van der Waals surface area contributed by atoms with E-state index in [4.69, 9.17) is 0 Å². The van der Waals surface area contributed by atoms with Crippen LogP contribution in [0.2, 0.25) is 0 Å². The van der Waals surface area contributed by atoms with Crippen molar-refractivity contribution < 1.29 is 5.11 Å². The van der Waals surface area contributed by atoms with Crippen molar-refractivity contribution in [3.63, 3.8) is 0 Å². The van der Waals surface area contributed by atoms with Crippen molar-refractivity contribution in [3.05, 3.63) is 60.2 Å². The molecule has 0 fully saturated rings. The summed E-state index contributed by atoms with van der Waals surface area (Å²) < 4.78 is 0. The lowest BCUT2D eigenvalue weighted by Gasteiger charge is -2.10. The number of alkyl halides is 1. The Bertz CT molecular complexity index is 706. The summed E-state index contributed by atoms with van der Waals surface area (Å²) in [6, 6.07) is 18.8. The van der Waals surface area contributed by atoms with Gasteiger partial charge in [0, 0.05) is 5.33 Å². The third kappa shape index (κ3) is 1.92. The van der Waals surface area contributed by atoms with Gasteiger partial charge in [-0.15, -0.1) is 0 Å². The molecule has 18 heavy (non-hydrogen) atoms. The number of fused-ring (bicyclic) bond motifs is 3. The van der Waals surface area contributed by atoms with Crippen molar-refractivity contribution in [3.8, 4) is 0 Å². The van der Waals surface area contributed by atoms with Gasteiger partial charge in [0.1, 0.15) is 0 Å². The molecule has 0 spiro atoms. The number of aliphatic hydroxyl groups excluding tert-OH is 1. The van der Waals surface area contributed by atoms with Gasteiger partial charge in [0.15, 0.2) is 0 Å². The van der Waals surface area contributed by atoms with Crippen LogP contribution in [0.3, 0.4) is 0 Å². The first kappa shape index (κ1) is 11.7. The smallest absolute Gasteiger partial charge is 0.0887 e. The highest BCUT2D eigenvalue weighted by molar-refractivity contribution is 9.09. The van der Waals surface area contributed by atoms with Crippen molar-refractivity contribution in [2.24, 2.45) is 0 Å². The van der Waals surface area contributed by atoms with Crippen LogP contribution in [-0.4, -0.2) is 10.4 Å². The van der Waals surface area contributed by atoms with E-state index in [9.17, 15) is 5.11 Å². The van der Waals surface area contributed by atoms with Crippen LogP contribution in [0.15, 0.2) is 54.6 Å². The minimum Gasteiger partial charge on any atom is -0.388 e. The molecule has 1 atom stereocenters. The van der Waals surface area contributed by atoms with E-state index >= 15 is 0 Å². The standard InChI is InChI=1S/C16H13BrO/c17-10-16(18)13-8-7-12-6-5-11-3-1-2-4-14(11)15(12)9-13/h1-9,16,18H,10H2/t16-/m0/s1. The van der Waals surface area contributed by atoms with E-state index in [2.05, 4.69) is 58.4 Å². The largest absolute Gasteiger partial charge is 0.388 e. The lowest BCUT2D eigenvalue weighted by atomic mass is 9.99. The molecule has 0 aliphatic rings. The second-order valence-corrected chi connectivity index (χ2v) is 5.08. The third-order valence-corrected chi connectivity index (χ3v) is 3.91. The van der Waals surface area contributed by atoms with Gasteiger partial charge in [0.25, 0.3) is 0 Å². The van der Waals surface area contributed by atoms with Crippen LogP contribution in [0.1, 0.15) is 11.7 Å². The van der Waals surface area contributed by atoms with E-state index in [0.717, 1.165) is 5.56 Å². The highest BCUT2D eigenvalue weighted by Crippen LogP contribution is 2.28. The van der Waals surface area contributed by atoms with Crippen LogP contribution >= 0.6 is 15.9 Å². The lowest BCUT2D eigenvalue weighted by molar-refractivity contribution is 0.205. The molecule has 3 aromatic carbocycles. The summed E-state index contributed by atoms with van der Waals surface area (Å²) in [5.74, 6) is 0. The Morgan fingerprint density at radius 1 is 0.889 bits per heavy atom. The molecule has 3 rings (SSSR count). The van der Waals surface area contributed by atoms with Crippen LogP contribution in [0.4, 0.5) is 0 Å². The quantitative estimate of drug-likeness (QED) is 0.548. The summed E-state index contributed by atoms with van der Waals surface area (Å²) in [5.41, 5.74) is 0.954. The molecule has 3 aromatic rings. The molecule has 0 unspecified atom stereocenters. The highest BCUT2D eigenvalue weighted by atomic mass is 79.9. The molecule has 0 saturated heterocycles. The minimum absolute atomic E-state index is 0.451. The Morgan fingerprint density at radius 2 is 1.56 bits per heavy atom. The molecule has 0 aliphatic heterocycles. The van der Waals surface area contributed by atoms with Crippen LogP contribution < -0.4 is 0 Å². The topological polar surface area (TPSA) is 20.2 Å². The molecular weight excluding hydrogens is 288 g/mol. The number of rotatable bonds is 2. The fraction of sp³-hybridized carbons (Fsp3) is 0.125. The Hall–Kier alpha value is -1.38. The molecular formula is C16H13BrO. The van der Waals surface area contributed by atoms with E-state index in [1.807, 2.05) is 12.1 Å². The summed E-state index contributed by atoms with van der Waals surface area (Å²) in [6.45, 7) is 0. The van der Waals surface area contributed by atoms with Gasteiger partial charge in [0.2, 0.25) is 0 Å². The Labute approximate surface area is 114 Å². The van der Waals surface area contributed by atoms with E-state index in [1.54, 1.807) is 0 Å². The van der Waals surface area contributed by atoms with Gasteiger partial charge in [-0.25, -0.2) is 0 Å². The molecule has 0 amide bonds. The molecule has 0 heterocycles. The summed E-state index contributed by atoms with van der Waals surface area (Å²) >= 11 is 3.32.